The Kier molecular flexibility index (Phi) is 5.83. The molecule has 0 fully saturated rings. The van der Waals surface area contributed by atoms with E-state index in [1.165, 1.54) is 6.08 Å². The number of terminal acetylenes is 1. The van der Waals surface area contributed by atoms with Gasteiger partial charge in [-0.15, -0.1) is 6.42 Å². The maximum absolute atomic E-state index is 12.1. The highest BCUT2D eigenvalue weighted by Gasteiger charge is 2.12. The van der Waals surface area contributed by atoms with Gasteiger partial charge in [-0.2, -0.15) is 5.10 Å². The standard InChI is InChI=1S/C19H20ClN3O/c1-5-15-7-6-8-16(11-15)21-18(24)10-9-17-14(4)22-23(19(17)20)12-13(2)3/h1,6-11,13H,12H2,2-4H3,(H,21,24)/b10-9+. The van der Waals surface area contributed by atoms with Crippen LogP contribution >= 0.6 is 11.6 Å². The van der Waals surface area contributed by atoms with Crippen LogP contribution < -0.4 is 5.32 Å². The fourth-order valence-electron chi connectivity index (χ4n) is 2.25. The molecule has 0 saturated heterocycles. The highest BCUT2D eigenvalue weighted by atomic mass is 35.5. The van der Waals surface area contributed by atoms with Gasteiger partial charge in [-0.25, -0.2) is 0 Å². The van der Waals surface area contributed by atoms with E-state index in [0.29, 0.717) is 22.3 Å². The number of benzene rings is 1. The van der Waals surface area contributed by atoms with Crippen molar-refractivity contribution >= 4 is 29.3 Å². The van der Waals surface area contributed by atoms with E-state index in [2.05, 4.69) is 30.2 Å². The van der Waals surface area contributed by atoms with Crippen LogP contribution in [0.15, 0.2) is 30.3 Å². The number of rotatable bonds is 5. The highest BCUT2D eigenvalue weighted by molar-refractivity contribution is 6.31. The molecule has 0 saturated carbocycles. The lowest BCUT2D eigenvalue weighted by molar-refractivity contribution is -0.111. The molecule has 0 aliphatic carbocycles. The summed E-state index contributed by atoms with van der Waals surface area (Å²) in [5.41, 5.74) is 2.91. The molecular weight excluding hydrogens is 322 g/mol. The number of aromatic nitrogens is 2. The van der Waals surface area contributed by atoms with Crippen molar-refractivity contribution in [3.63, 3.8) is 0 Å². The van der Waals surface area contributed by atoms with E-state index in [9.17, 15) is 4.79 Å². The predicted octanol–water partition coefficient (Wildman–Crippen LogP) is 4.13. The first-order valence-corrected chi connectivity index (χ1v) is 8.07. The summed E-state index contributed by atoms with van der Waals surface area (Å²) in [4.78, 5) is 12.1. The summed E-state index contributed by atoms with van der Waals surface area (Å²) >= 11 is 6.35. The number of anilines is 1. The Labute approximate surface area is 147 Å². The van der Waals surface area contributed by atoms with Crippen LogP contribution in [0.1, 0.15) is 30.7 Å². The van der Waals surface area contributed by atoms with Crippen LogP contribution in [0.3, 0.4) is 0 Å². The fraction of sp³-hybridized carbons (Fsp3) is 0.263. The lowest BCUT2D eigenvalue weighted by atomic mass is 10.2. The van der Waals surface area contributed by atoms with Gasteiger partial charge in [-0.1, -0.05) is 37.4 Å². The molecule has 2 aromatic rings. The van der Waals surface area contributed by atoms with Crippen molar-refractivity contribution in [3.8, 4) is 12.3 Å². The summed E-state index contributed by atoms with van der Waals surface area (Å²) < 4.78 is 1.76. The Morgan fingerprint density at radius 1 is 1.50 bits per heavy atom. The number of halogens is 1. The first-order chi connectivity index (χ1) is 11.4. The monoisotopic (exact) mass is 341 g/mol. The van der Waals surface area contributed by atoms with Crippen molar-refractivity contribution in [2.24, 2.45) is 5.92 Å². The molecule has 0 atom stereocenters. The molecule has 0 aliphatic heterocycles. The molecule has 0 unspecified atom stereocenters. The minimum atomic E-state index is -0.253. The van der Waals surface area contributed by atoms with Crippen molar-refractivity contribution in [2.75, 3.05) is 5.32 Å². The topological polar surface area (TPSA) is 46.9 Å². The van der Waals surface area contributed by atoms with Crippen molar-refractivity contribution in [1.82, 2.24) is 9.78 Å². The molecule has 1 amide bonds. The second-order valence-corrected chi connectivity index (χ2v) is 6.27. The summed E-state index contributed by atoms with van der Waals surface area (Å²) in [6.45, 7) is 6.80. The second kappa shape index (κ2) is 7.85. The number of aryl methyl sites for hydroxylation is 1. The Morgan fingerprint density at radius 2 is 2.25 bits per heavy atom. The molecule has 2 rings (SSSR count). The third kappa shape index (κ3) is 4.50. The summed E-state index contributed by atoms with van der Waals surface area (Å²) in [5.74, 6) is 2.72. The highest BCUT2D eigenvalue weighted by Crippen LogP contribution is 2.22. The number of carbonyl (C=O) groups excluding carboxylic acids is 1. The number of nitrogens with one attached hydrogen (secondary N) is 1. The maximum Gasteiger partial charge on any atom is 0.248 e. The van der Waals surface area contributed by atoms with Gasteiger partial charge >= 0.3 is 0 Å². The molecule has 0 spiro atoms. The van der Waals surface area contributed by atoms with Crippen LogP contribution in [-0.4, -0.2) is 15.7 Å². The van der Waals surface area contributed by atoms with E-state index in [0.717, 1.165) is 17.8 Å². The van der Waals surface area contributed by atoms with E-state index in [4.69, 9.17) is 18.0 Å². The molecule has 0 radical (unpaired) electrons. The Hall–Kier alpha value is -2.51. The first kappa shape index (κ1) is 17.8. The summed E-state index contributed by atoms with van der Waals surface area (Å²) in [6.07, 6.45) is 8.48. The van der Waals surface area contributed by atoms with Gasteiger partial charge in [0.05, 0.1) is 5.69 Å². The smallest absolute Gasteiger partial charge is 0.248 e. The zero-order valence-electron chi connectivity index (χ0n) is 14.0. The molecule has 24 heavy (non-hydrogen) atoms. The van der Waals surface area contributed by atoms with Crippen LogP contribution in [0.2, 0.25) is 5.15 Å². The van der Waals surface area contributed by atoms with Crippen LogP contribution in [0, 0.1) is 25.2 Å². The van der Waals surface area contributed by atoms with Crippen molar-refractivity contribution in [2.45, 2.75) is 27.3 Å². The van der Waals surface area contributed by atoms with Crippen LogP contribution in [0.25, 0.3) is 6.08 Å². The summed E-state index contributed by atoms with van der Waals surface area (Å²) in [5, 5.41) is 7.73. The van der Waals surface area contributed by atoms with Crippen LogP contribution in [0.4, 0.5) is 5.69 Å². The minimum Gasteiger partial charge on any atom is -0.322 e. The average Bonchev–Trinajstić information content (AvgIpc) is 2.79. The van der Waals surface area contributed by atoms with E-state index in [1.807, 2.05) is 6.92 Å². The molecule has 1 heterocycles. The van der Waals surface area contributed by atoms with Crippen molar-refractivity contribution in [1.29, 1.82) is 0 Å². The van der Waals surface area contributed by atoms with E-state index < -0.39 is 0 Å². The fourth-order valence-corrected chi connectivity index (χ4v) is 2.56. The van der Waals surface area contributed by atoms with Crippen LogP contribution in [-0.2, 0) is 11.3 Å². The van der Waals surface area contributed by atoms with E-state index in [1.54, 1.807) is 35.0 Å². The normalized spacial score (nSPS) is 11.0. The zero-order chi connectivity index (χ0) is 17.7. The van der Waals surface area contributed by atoms with Gasteiger partial charge in [-0.05, 0) is 37.1 Å². The molecule has 0 aliphatic rings. The van der Waals surface area contributed by atoms with Gasteiger partial charge < -0.3 is 5.32 Å². The van der Waals surface area contributed by atoms with Gasteiger partial charge in [-0.3, -0.25) is 9.48 Å². The average molecular weight is 342 g/mol. The second-order valence-electron chi connectivity index (χ2n) is 5.91. The maximum atomic E-state index is 12.1. The Morgan fingerprint density at radius 3 is 2.92 bits per heavy atom. The largest absolute Gasteiger partial charge is 0.322 e. The van der Waals surface area contributed by atoms with Crippen molar-refractivity contribution < 1.29 is 4.79 Å². The molecule has 124 valence electrons. The number of amides is 1. The number of nitrogens with zero attached hydrogens (tertiary/aromatic N) is 2. The van der Waals surface area contributed by atoms with Gasteiger partial charge in [0, 0.05) is 29.4 Å². The number of hydrogen-bond donors (Lipinski definition) is 1. The van der Waals surface area contributed by atoms with E-state index >= 15 is 0 Å². The minimum absolute atomic E-state index is 0.253. The zero-order valence-corrected chi connectivity index (χ0v) is 14.8. The molecule has 4 nitrogen and oxygen atoms in total. The van der Waals surface area contributed by atoms with Gasteiger partial charge in [0.15, 0.2) is 0 Å². The van der Waals surface area contributed by atoms with Crippen molar-refractivity contribution in [3.05, 3.63) is 52.3 Å². The lowest BCUT2D eigenvalue weighted by Gasteiger charge is -2.05. The first-order valence-electron chi connectivity index (χ1n) is 7.69. The van der Waals surface area contributed by atoms with Gasteiger partial charge in [0.1, 0.15) is 5.15 Å². The van der Waals surface area contributed by atoms with Gasteiger partial charge in [0.2, 0.25) is 5.91 Å². The summed E-state index contributed by atoms with van der Waals surface area (Å²) in [7, 11) is 0. The summed E-state index contributed by atoms with van der Waals surface area (Å²) in [6, 6.07) is 7.12. The molecule has 1 N–H and O–H groups in total. The quantitative estimate of drug-likeness (QED) is 0.656. The predicted molar refractivity (Wildman–Crippen MR) is 98.9 cm³/mol. The third-order valence-corrected chi connectivity index (χ3v) is 3.74. The number of hydrogen-bond acceptors (Lipinski definition) is 2. The molecule has 1 aromatic heterocycles. The van der Waals surface area contributed by atoms with Crippen LogP contribution in [0.5, 0.6) is 0 Å². The van der Waals surface area contributed by atoms with E-state index in [-0.39, 0.29) is 5.91 Å². The molecular formula is C19H20ClN3O. The SMILES string of the molecule is C#Cc1cccc(NC(=O)/C=C/c2c(C)nn(CC(C)C)c2Cl)c1. The molecule has 5 heteroatoms. The molecule has 0 bridgehead atoms. The van der Waals surface area contributed by atoms with Gasteiger partial charge in [0.25, 0.3) is 0 Å². The number of carbonyl (C=O) groups is 1. The molecule has 1 aromatic carbocycles. The lowest BCUT2D eigenvalue weighted by Crippen LogP contribution is -2.07. The third-order valence-electron chi connectivity index (χ3n) is 3.35. The Bertz CT molecular complexity index is 813. The Balaban J connectivity index is 2.11.